The summed E-state index contributed by atoms with van der Waals surface area (Å²) < 4.78 is 28.1. The predicted octanol–water partition coefficient (Wildman–Crippen LogP) is -3.46. The molecule has 0 aromatic rings. The molecule has 0 aromatic carbocycles. The van der Waals surface area contributed by atoms with Gasteiger partial charge in [-0.2, -0.15) is 0 Å². The third-order valence-electron chi connectivity index (χ3n) is 0.983. The van der Waals surface area contributed by atoms with Crippen LogP contribution in [0.1, 0.15) is 0 Å². The zero-order valence-corrected chi connectivity index (χ0v) is 10.5. The van der Waals surface area contributed by atoms with E-state index in [1.807, 2.05) is 0 Å². The van der Waals surface area contributed by atoms with Gasteiger partial charge in [-0.05, 0) is 0 Å². The molecule has 0 aliphatic heterocycles. The molecule has 0 aliphatic carbocycles. The van der Waals surface area contributed by atoms with Gasteiger partial charge in [0.1, 0.15) is 0 Å². The molecule has 0 saturated carbocycles. The van der Waals surface area contributed by atoms with Crippen molar-refractivity contribution in [2.75, 3.05) is 12.7 Å². The Balaban J connectivity index is 5.12. The Morgan fingerprint density at radius 3 is 1.18 bits per heavy atom. The predicted molar refractivity (Wildman–Crippen MR) is 52.4 cm³/mol. The quantitative estimate of drug-likeness (QED) is 0.224. The van der Waals surface area contributed by atoms with Gasteiger partial charge in [-0.15, -0.1) is 0 Å². The summed E-state index contributed by atoms with van der Waals surface area (Å²) in [5.74, 6) is 0. The molecule has 0 unspecified atom stereocenters. The normalized spacial score (nSPS) is 19.1. The molecule has 0 radical (unpaired) electrons. The van der Waals surface area contributed by atoms with E-state index in [1.54, 1.807) is 0 Å². The third kappa shape index (κ3) is 6.79. The van der Waals surface area contributed by atoms with E-state index in [1.165, 1.54) is 0 Å². The molecule has 0 heterocycles. The second-order valence-corrected chi connectivity index (χ2v) is 9.81. The molecule has 0 amide bonds. The summed E-state index contributed by atoms with van der Waals surface area (Å²) in [7, 11) is -18.7. The standard InChI is InChI=1S/C2H12O12P2S/c3-1-15(5,6,7)13-17(11,12)14-16(8,9,10)2-4/h3-10H,1-2H2. The third-order valence-corrected chi connectivity index (χ3v) is 5.88. The Morgan fingerprint density at radius 1 is 0.765 bits per heavy atom. The molecule has 0 aliphatic rings. The van der Waals surface area contributed by atoms with Crippen LogP contribution in [-0.4, -0.2) is 60.7 Å². The molecule has 0 spiro atoms. The van der Waals surface area contributed by atoms with Crippen LogP contribution in [0.15, 0.2) is 0 Å². The van der Waals surface area contributed by atoms with E-state index in [9.17, 15) is 8.42 Å². The molecule has 0 bridgehead atoms. The number of aliphatic hydroxyl groups is 2. The van der Waals surface area contributed by atoms with Gasteiger partial charge in [0.05, 0.1) is 0 Å². The summed E-state index contributed by atoms with van der Waals surface area (Å²) in [5, 5.41) is 16.5. The molecule has 0 rings (SSSR count). The van der Waals surface area contributed by atoms with Crippen LogP contribution in [0.25, 0.3) is 0 Å². The fourth-order valence-electron chi connectivity index (χ4n) is 0.435. The van der Waals surface area contributed by atoms with Crippen LogP contribution in [0.3, 0.4) is 0 Å². The summed E-state index contributed by atoms with van der Waals surface area (Å²) in [6.07, 6.45) is -3.88. The van der Waals surface area contributed by atoms with E-state index in [-0.39, 0.29) is 0 Å². The molecule has 8 N–H and O–H groups in total. The van der Waals surface area contributed by atoms with E-state index < -0.39 is 38.1 Å². The fourth-order valence-corrected chi connectivity index (χ4v) is 4.16. The number of aliphatic hydroxyl groups excluding tert-OH is 2. The average molecular weight is 322 g/mol. The van der Waals surface area contributed by atoms with E-state index in [2.05, 4.69) is 7.94 Å². The molecule has 17 heavy (non-hydrogen) atoms. The van der Waals surface area contributed by atoms with Gasteiger partial charge in [-0.3, -0.25) is 0 Å². The fraction of sp³-hybridized carbons (Fsp3) is 1.00. The zero-order chi connectivity index (χ0) is 14.2. The summed E-state index contributed by atoms with van der Waals surface area (Å²) in [4.78, 5) is 52.2. The topological polar surface area (TPSA) is 214 Å². The second kappa shape index (κ2) is 4.21. The van der Waals surface area contributed by atoms with Crippen molar-refractivity contribution in [1.29, 1.82) is 0 Å². The van der Waals surface area contributed by atoms with Crippen LogP contribution in [0, 0.1) is 0 Å². The first kappa shape index (κ1) is 17.4. The molecule has 0 atom stereocenters. The molecular weight excluding hydrogens is 310 g/mol. The SMILES string of the molecule is O=S(=O)(OP(O)(O)(O)CO)OP(O)(O)(O)CO. The van der Waals surface area contributed by atoms with Crippen LogP contribution in [0.2, 0.25) is 0 Å². The van der Waals surface area contributed by atoms with Crippen molar-refractivity contribution in [3.8, 4) is 0 Å². The Kier molecular flexibility index (Phi) is 4.32. The molecule has 0 saturated heterocycles. The molecule has 0 fully saturated rings. The van der Waals surface area contributed by atoms with Crippen LogP contribution in [0.5, 0.6) is 0 Å². The first-order valence-corrected chi connectivity index (χ1v) is 9.23. The van der Waals surface area contributed by atoms with E-state index in [0.29, 0.717) is 0 Å². The summed E-state index contributed by atoms with van der Waals surface area (Å²) in [5.41, 5.74) is 0. The first-order chi connectivity index (χ1) is 7.07. The Bertz CT molecular complexity index is 348. The number of rotatable bonds is 6. The number of hydrogen-bond donors (Lipinski definition) is 8. The minimum atomic E-state index is -6.48. The van der Waals surface area contributed by atoms with E-state index in [4.69, 9.17) is 39.6 Å². The van der Waals surface area contributed by atoms with Crippen LogP contribution < -0.4 is 0 Å². The van der Waals surface area contributed by atoms with Gasteiger partial charge in [-0.1, -0.05) is 0 Å². The van der Waals surface area contributed by atoms with Crippen LogP contribution in [-0.2, 0) is 18.3 Å². The van der Waals surface area contributed by atoms with Gasteiger partial charge in [0.2, 0.25) is 0 Å². The van der Waals surface area contributed by atoms with Crippen molar-refractivity contribution >= 4 is 25.4 Å². The molecule has 108 valence electrons. The minimum absolute atomic E-state index is 1.94. The van der Waals surface area contributed by atoms with Crippen molar-refractivity contribution in [3.63, 3.8) is 0 Å². The van der Waals surface area contributed by atoms with Crippen LogP contribution >= 0.6 is 15.0 Å². The van der Waals surface area contributed by atoms with Gasteiger partial charge in [0.25, 0.3) is 0 Å². The molecule has 12 nitrogen and oxygen atoms in total. The Hall–Kier alpha value is 0.410. The van der Waals surface area contributed by atoms with Gasteiger partial charge in [0.15, 0.2) is 0 Å². The number of hydrogen-bond acceptors (Lipinski definition) is 12. The maximum absolute atomic E-state index is 10.8. The van der Waals surface area contributed by atoms with E-state index in [0.717, 1.165) is 0 Å². The van der Waals surface area contributed by atoms with E-state index >= 15 is 0 Å². The summed E-state index contributed by atoms with van der Waals surface area (Å²) in [6, 6.07) is 0. The van der Waals surface area contributed by atoms with Crippen molar-refractivity contribution in [3.05, 3.63) is 0 Å². The Morgan fingerprint density at radius 2 is 1.00 bits per heavy atom. The zero-order valence-electron chi connectivity index (χ0n) is 7.93. The van der Waals surface area contributed by atoms with Crippen molar-refractivity contribution in [1.82, 2.24) is 0 Å². The Labute approximate surface area is 94.8 Å². The van der Waals surface area contributed by atoms with Crippen molar-refractivity contribution in [2.45, 2.75) is 0 Å². The summed E-state index contributed by atoms with van der Waals surface area (Å²) in [6.45, 7) is 0. The van der Waals surface area contributed by atoms with Crippen molar-refractivity contribution in [2.24, 2.45) is 0 Å². The van der Waals surface area contributed by atoms with Gasteiger partial charge in [-0.25, -0.2) is 0 Å². The first-order valence-electron chi connectivity index (χ1n) is 3.50. The summed E-state index contributed by atoms with van der Waals surface area (Å²) >= 11 is 0. The molecular formula is C2H12O12P2S. The van der Waals surface area contributed by atoms with Crippen molar-refractivity contribution < 1.29 is 55.9 Å². The average Bonchev–Trinajstić information content (AvgIpc) is 1.98. The molecule has 15 heteroatoms. The maximum atomic E-state index is 10.8. The van der Waals surface area contributed by atoms with Gasteiger partial charge >= 0.3 is 94.0 Å². The second-order valence-electron chi connectivity index (χ2n) is 2.97. The monoisotopic (exact) mass is 322 g/mol. The van der Waals surface area contributed by atoms with Gasteiger partial charge < -0.3 is 0 Å². The molecule has 0 aromatic heterocycles. The van der Waals surface area contributed by atoms with Crippen LogP contribution in [0.4, 0.5) is 0 Å². The van der Waals surface area contributed by atoms with Gasteiger partial charge in [0, 0.05) is 0 Å².